The third-order valence-electron chi connectivity index (χ3n) is 9.58. The van der Waals surface area contributed by atoms with Crippen molar-refractivity contribution in [2.24, 2.45) is 0 Å². The molecule has 3 atom stereocenters. The molecule has 55 heavy (non-hydrogen) atoms. The Morgan fingerprint density at radius 3 is 1.47 bits per heavy atom. The molecule has 0 aliphatic heterocycles. The van der Waals surface area contributed by atoms with Gasteiger partial charge in [0.25, 0.3) is 0 Å². The molecule has 0 spiro atoms. The summed E-state index contributed by atoms with van der Waals surface area (Å²) in [4.78, 5) is 22.5. The summed E-state index contributed by atoms with van der Waals surface area (Å²) in [7, 11) is -4.51. The average molecular weight is 801 g/mol. The van der Waals surface area contributed by atoms with Crippen LogP contribution in [-0.4, -0.2) is 66.3 Å². The molecular weight excluding hydrogens is 715 g/mol. The van der Waals surface area contributed by atoms with Crippen LogP contribution in [0.1, 0.15) is 200 Å². The van der Waals surface area contributed by atoms with E-state index in [0.29, 0.717) is 6.61 Å². The van der Waals surface area contributed by atoms with Crippen molar-refractivity contribution in [2.45, 2.75) is 212 Å². The first-order valence-electron chi connectivity index (χ1n) is 22.5. The molecule has 0 aromatic carbocycles. The average Bonchev–Trinajstić information content (AvgIpc) is 3.18. The zero-order valence-corrected chi connectivity index (χ0v) is 36.3. The van der Waals surface area contributed by atoms with Crippen LogP contribution in [0.5, 0.6) is 0 Å². The van der Waals surface area contributed by atoms with Gasteiger partial charge in [0.05, 0.1) is 26.4 Å². The van der Waals surface area contributed by atoms with Crippen LogP contribution in [0.25, 0.3) is 0 Å². The molecule has 3 unspecified atom stereocenters. The number of esters is 1. The summed E-state index contributed by atoms with van der Waals surface area (Å²) in [6.07, 6.45) is 45.4. The number of ether oxygens (including phenoxy) is 2. The van der Waals surface area contributed by atoms with E-state index < -0.39 is 33.2 Å². The maximum atomic E-state index is 12.6. The van der Waals surface area contributed by atoms with Gasteiger partial charge in [0.1, 0.15) is 12.2 Å². The first-order valence-corrected chi connectivity index (χ1v) is 24.0. The molecule has 0 aliphatic rings. The Morgan fingerprint density at radius 1 is 0.564 bits per heavy atom. The number of aliphatic hydroxyl groups excluding tert-OH is 2. The predicted molar refractivity (Wildman–Crippen MR) is 228 cm³/mol. The smallest absolute Gasteiger partial charge is 0.457 e. The Labute approximate surface area is 337 Å². The summed E-state index contributed by atoms with van der Waals surface area (Å²) in [5.74, 6) is -0.386. The summed E-state index contributed by atoms with van der Waals surface area (Å²) in [5, 5.41) is 18.3. The van der Waals surface area contributed by atoms with Gasteiger partial charge in [-0.1, -0.05) is 179 Å². The van der Waals surface area contributed by atoms with E-state index in [1.807, 2.05) is 0 Å². The third kappa shape index (κ3) is 42.1. The molecule has 0 aromatic rings. The van der Waals surface area contributed by atoms with Gasteiger partial charge in [-0.2, -0.15) is 0 Å². The Hall–Kier alpha value is -1.32. The van der Waals surface area contributed by atoms with Gasteiger partial charge >= 0.3 is 13.8 Å². The van der Waals surface area contributed by atoms with Crippen molar-refractivity contribution in [3.05, 3.63) is 36.5 Å². The molecule has 0 radical (unpaired) electrons. The molecule has 324 valence electrons. The van der Waals surface area contributed by atoms with Gasteiger partial charge in [0.2, 0.25) is 0 Å². The Bertz CT molecular complexity index is 955. The van der Waals surface area contributed by atoms with Crippen molar-refractivity contribution < 1.29 is 43.0 Å². The van der Waals surface area contributed by atoms with Crippen molar-refractivity contribution in [2.75, 3.05) is 33.0 Å². The maximum absolute atomic E-state index is 12.6. The second kappa shape index (κ2) is 42.3. The van der Waals surface area contributed by atoms with E-state index in [-0.39, 0.29) is 25.6 Å². The standard InChI is InChI=1S/C45H85O9P/c1-3-5-7-9-11-13-15-16-17-18-19-20-21-22-23-24-25-26-27-28-30-32-34-36-38-51-41-44(42-53-55(49,50)52-40-43(47)39-46)54-45(48)37-35-33-31-29-14-12-10-8-6-4-2/h15-16,18-19,21-22,43-44,46-47H,3-14,17,20,23-42H2,1-2H3,(H,49,50)/b16-15-,19-18-,22-21-. The molecule has 9 nitrogen and oxygen atoms in total. The van der Waals surface area contributed by atoms with E-state index in [4.69, 9.17) is 23.6 Å². The first-order chi connectivity index (χ1) is 26.8. The first kappa shape index (κ1) is 53.7. The highest BCUT2D eigenvalue weighted by Crippen LogP contribution is 2.43. The number of carbonyl (C=O) groups is 1. The van der Waals surface area contributed by atoms with Crippen LogP contribution >= 0.6 is 7.82 Å². The van der Waals surface area contributed by atoms with Crippen molar-refractivity contribution in [1.29, 1.82) is 0 Å². The Balaban J connectivity index is 4.04. The van der Waals surface area contributed by atoms with Gasteiger partial charge in [-0.15, -0.1) is 0 Å². The normalized spacial score (nSPS) is 14.3. The predicted octanol–water partition coefficient (Wildman–Crippen LogP) is 12.4. The van der Waals surface area contributed by atoms with E-state index >= 15 is 0 Å². The number of phosphoric acid groups is 1. The number of hydrogen-bond donors (Lipinski definition) is 3. The minimum absolute atomic E-state index is 0.0475. The number of hydrogen-bond acceptors (Lipinski definition) is 8. The lowest BCUT2D eigenvalue weighted by Gasteiger charge is -2.20. The minimum atomic E-state index is -4.51. The van der Waals surface area contributed by atoms with E-state index in [0.717, 1.165) is 51.4 Å². The van der Waals surface area contributed by atoms with E-state index in [2.05, 4.69) is 50.3 Å². The highest BCUT2D eigenvalue weighted by Gasteiger charge is 2.26. The fraction of sp³-hybridized carbons (Fsp3) is 0.844. The van der Waals surface area contributed by atoms with Crippen molar-refractivity contribution in [3.8, 4) is 0 Å². The molecule has 0 aromatic heterocycles. The van der Waals surface area contributed by atoms with Gasteiger partial charge < -0.3 is 24.6 Å². The van der Waals surface area contributed by atoms with Crippen LogP contribution in [0.4, 0.5) is 0 Å². The molecule has 10 heteroatoms. The Morgan fingerprint density at radius 2 is 0.982 bits per heavy atom. The molecule has 0 saturated heterocycles. The van der Waals surface area contributed by atoms with Gasteiger partial charge in [0, 0.05) is 13.0 Å². The number of aliphatic hydroxyl groups is 2. The van der Waals surface area contributed by atoms with Crippen molar-refractivity contribution >= 4 is 13.8 Å². The zero-order valence-electron chi connectivity index (χ0n) is 35.4. The number of rotatable bonds is 43. The van der Waals surface area contributed by atoms with Crippen LogP contribution in [0.15, 0.2) is 36.5 Å². The van der Waals surface area contributed by atoms with Gasteiger partial charge in [-0.3, -0.25) is 13.8 Å². The molecular formula is C45H85O9P. The zero-order chi connectivity index (χ0) is 40.3. The van der Waals surface area contributed by atoms with Crippen LogP contribution in [0, 0.1) is 0 Å². The molecule has 0 rings (SSSR count). The highest BCUT2D eigenvalue weighted by atomic mass is 31.2. The molecule has 0 saturated carbocycles. The summed E-state index contributed by atoms with van der Waals surface area (Å²) in [6.45, 7) is 3.49. The molecule has 0 bridgehead atoms. The monoisotopic (exact) mass is 801 g/mol. The van der Waals surface area contributed by atoms with Crippen LogP contribution < -0.4 is 0 Å². The van der Waals surface area contributed by atoms with E-state index in [9.17, 15) is 19.4 Å². The molecule has 0 fully saturated rings. The van der Waals surface area contributed by atoms with Gasteiger partial charge in [0.15, 0.2) is 0 Å². The number of carbonyl (C=O) groups excluding carboxylic acids is 1. The van der Waals surface area contributed by atoms with E-state index in [1.165, 1.54) is 128 Å². The van der Waals surface area contributed by atoms with E-state index in [1.54, 1.807) is 0 Å². The molecule has 0 heterocycles. The van der Waals surface area contributed by atoms with Gasteiger partial charge in [-0.25, -0.2) is 4.57 Å². The van der Waals surface area contributed by atoms with Crippen LogP contribution in [0.3, 0.4) is 0 Å². The van der Waals surface area contributed by atoms with Crippen molar-refractivity contribution in [3.63, 3.8) is 0 Å². The van der Waals surface area contributed by atoms with Crippen molar-refractivity contribution in [1.82, 2.24) is 0 Å². The summed E-state index contributed by atoms with van der Waals surface area (Å²) < 4.78 is 33.3. The molecule has 0 amide bonds. The maximum Gasteiger partial charge on any atom is 0.472 e. The number of allylic oxidation sites excluding steroid dienone is 6. The summed E-state index contributed by atoms with van der Waals surface area (Å²) in [5.41, 5.74) is 0. The number of unbranched alkanes of at least 4 members (excludes halogenated alkanes) is 23. The topological polar surface area (TPSA) is 132 Å². The second-order valence-electron chi connectivity index (χ2n) is 15.1. The highest BCUT2D eigenvalue weighted by molar-refractivity contribution is 7.47. The third-order valence-corrected chi connectivity index (χ3v) is 10.5. The number of phosphoric ester groups is 1. The largest absolute Gasteiger partial charge is 0.472 e. The lowest BCUT2D eigenvalue weighted by Crippen LogP contribution is -2.29. The second-order valence-corrected chi connectivity index (χ2v) is 16.5. The van der Waals surface area contributed by atoms with Crippen LogP contribution in [-0.2, 0) is 27.9 Å². The molecule has 0 aliphatic carbocycles. The summed E-state index contributed by atoms with van der Waals surface area (Å²) in [6, 6.07) is 0. The van der Waals surface area contributed by atoms with Gasteiger partial charge in [-0.05, 0) is 51.4 Å². The summed E-state index contributed by atoms with van der Waals surface area (Å²) >= 11 is 0. The Kier molecular flexibility index (Phi) is 41.3. The minimum Gasteiger partial charge on any atom is -0.457 e. The SMILES string of the molecule is CCCCCCC/C=C\C/C=C\C/C=C\CCCCCCCCCCCOCC(COP(=O)(O)OCC(O)CO)OC(=O)CCCCCCCCCCCC. The van der Waals surface area contributed by atoms with Crippen LogP contribution in [0.2, 0.25) is 0 Å². The molecule has 3 N–H and O–H groups in total. The lowest BCUT2D eigenvalue weighted by molar-refractivity contribution is -0.154. The lowest BCUT2D eigenvalue weighted by atomic mass is 10.1. The fourth-order valence-corrected chi connectivity index (χ4v) is 6.92. The quantitative estimate of drug-likeness (QED) is 0.0239. The fourth-order valence-electron chi connectivity index (χ4n) is 6.13.